The van der Waals surface area contributed by atoms with Gasteiger partial charge in [0.15, 0.2) is 0 Å². The van der Waals surface area contributed by atoms with Gasteiger partial charge in [-0.15, -0.1) is 12.3 Å². The van der Waals surface area contributed by atoms with Crippen molar-refractivity contribution in [2.45, 2.75) is 39.2 Å². The minimum atomic E-state index is 0.677. The van der Waals surface area contributed by atoms with Crippen LogP contribution in [0.2, 0.25) is 0 Å². The van der Waals surface area contributed by atoms with Crippen LogP contribution in [0.5, 0.6) is 0 Å². The lowest BCUT2D eigenvalue weighted by Gasteiger charge is -2.31. The maximum absolute atomic E-state index is 5.23. The molecule has 0 bridgehead atoms. The van der Waals surface area contributed by atoms with Crippen molar-refractivity contribution in [3.05, 3.63) is 11.6 Å². The lowest BCUT2D eigenvalue weighted by Crippen LogP contribution is -2.42. The molecule has 1 fully saturated rings. The molecule has 0 aromatic carbocycles. The van der Waals surface area contributed by atoms with Crippen LogP contribution in [0.3, 0.4) is 0 Å². The van der Waals surface area contributed by atoms with Crippen molar-refractivity contribution < 1.29 is 0 Å². The Balaban J connectivity index is 2.14. The third-order valence-corrected chi connectivity index (χ3v) is 3.05. The Morgan fingerprint density at radius 3 is 2.69 bits per heavy atom. The van der Waals surface area contributed by atoms with E-state index >= 15 is 0 Å². The van der Waals surface area contributed by atoms with Gasteiger partial charge in [0, 0.05) is 25.6 Å². The molecule has 1 saturated heterocycles. The highest BCUT2D eigenvalue weighted by atomic mass is 15.1. The largest absolute Gasteiger partial charge is 0.313 e. The van der Waals surface area contributed by atoms with Gasteiger partial charge in [-0.05, 0) is 39.8 Å². The molecule has 90 valence electrons. The van der Waals surface area contributed by atoms with E-state index in [9.17, 15) is 0 Å². The van der Waals surface area contributed by atoms with Crippen LogP contribution in [-0.4, -0.2) is 37.1 Å². The molecule has 0 aliphatic carbocycles. The molecule has 0 atom stereocenters. The van der Waals surface area contributed by atoms with Crippen molar-refractivity contribution in [3.8, 4) is 12.3 Å². The van der Waals surface area contributed by atoms with Crippen molar-refractivity contribution in [1.82, 2.24) is 10.2 Å². The second-order valence-electron chi connectivity index (χ2n) is 4.76. The highest BCUT2D eigenvalue weighted by Crippen LogP contribution is 2.10. The van der Waals surface area contributed by atoms with Crippen LogP contribution in [0.25, 0.3) is 0 Å². The van der Waals surface area contributed by atoms with Crippen LogP contribution >= 0.6 is 0 Å². The number of hydrogen-bond acceptors (Lipinski definition) is 2. The van der Waals surface area contributed by atoms with Gasteiger partial charge in [0.2, 0.25) is 0 Å². The summed E-state index contributed by atoms with van der Waals surface area (Å²) in [5, 5.41) is 3.52. The maximum Gasteiger partial charge on any atom is 0.0211 e. The number of terminal acetylenes is 1. The second-order valence-corrected chi connectivity index (χ2v) is 4.76. The van der Waals surface area contributed by atoms with Crippen LogP contribution in [-0.2, 0) is 0 Å². The topological polar surface area (TPSA) is 15.3 Å². The molecule has 2 heteroatoms. The van der Waals surface area contributed by atoms with Gasteiger partial charge in [-0.1, -0.05) is 11.6 Å². The molecule has 1 rings (SSSR count). The van der Waals surface area contributed by atoms with E-state index in [1.54, 1.807) is 0 Å². The first kappa shape index (κ1) is 13.3. The molecule has 1 aliphatic heterocycles. The average molecular weight is 220 g/mol. The lowest BCUT2D eigenvalue weighted by atomic mass is 10.0. The zero-order valence-corrected chi connectivity index (χ0v) is 10.6. The van der Waals surface area contributed by atoms with E-state index in [0.717, 1.165) is 19.5 Å². The minimum absolute atomic E-state index is 0.677. The van der Waals surface area contributed by atoms with Gasteiger partial charge in [-0.2, -0.15) is 0 Å². The van der Waals surface area contributed by atoms with Crippen LogP contribution in [0, 0.1) is 12.3 Å². The van der Waals surface area contributed by atoms with Gasteiger partial charge in [-0.25, -0.2) is 0 Å². The van der Waals surface area contributed by atoms with Gasteiger partial charge in [0.25, 0.3) is 0 Å². The van der Waals surface area contributed by atoms with E-state index in [0.29, 0.717) is 6.04 Å². The molecule has 0 aromatic rings. The summed E-state index contributed by atoms with van der Waals surface area (Å²) in [7, 11) is 0. The van der Waals surface area contributed by atoms with Crippen molar-refractivity contribution >= 4 is 0 Å². The molecule has 2 nitrogen and oxygen atoms in total. The van der Waals surface area contributed by atoms with E-state index < -0.39 is 0 Å². The molecule has 16 heavy (non-hydrogen) atoms. The fourth-order valence-corrected chi connectivity index (χ4v) is 1.98. The number of nitrogens with one attached hydrogen (secondary N) is 1. The summed E-state index contributed by atoms with van der Waals surface area (Å²) in [6, 6.07) is 0.677. The summed E-state index contributed by atoms with van der Waals surface area (Å²) in [6.45, 7) is 8.81. The number of likely N-dealkylation sites (tertiary alicyclic amines) is 1. The molecular formula is C14H24N2. The van der Waals surface area contributed by atoms with E-state index in [1.807, 2.05) is 0 Å². The number of nitrogens with zero attached hydrogens (tertiary/aromatic N) is 1. The molecule has 1 aliphatic rings. The smallest absolute Gasteiger partial charge is 0.0211 e. The van der Waals surface area contributed by atoms with Gasteiger partial charge < -0.3 is 5.32 Å². The zero-order chi connectivity index (χ0) is 11.8. The average Bonchev–Trinajstić information content (AvgIpc) is 2.28. The van der Waals surface area contributed by atoms with Crippen molar-refractivity contribution in [2.75, 3.05) is 26.2 Å². The van der Waals surface area contributed by atoms with Crippen LogP contribution < -0.4 is 5.32 Å². The maximum atomic E-state index is 5.23. The third kappa shape index (κ3) is 5.34. The SMILES string of the molecule is C#CCCNC1CCN(CC=C(C)C)CC1. The van der Waals surface area contributed by atoms with Gasteiger partial charge in [0.1, 0.15) is 0 Å². The van der Waals surface area contributed by atoms with E-state index in [4.69, 9.17) is 6.42 Å². The Kier molecular flexibility index (Phi) is 6.22. The van der Waals surface area contributed by atoms with Crippen molar-refractivity contribution in [3.63, 3.8) is 0 Å². The molecule has 0 aromatic heterocycles. The Bertz CT molecular complexity index is 250. The summed E-state index contributed by atoms with van der Waals surface area (Å²) in [4.78, 5) is 2.52. The normalized spacial score (nSPS) is 18.1. The zero-order valence-electron chi connectivity index (χ0n) is 10.6. The van der Waals surface area contributed by atoms with E-state index in [2.05, 4.69) is 36.1 Å². The first-order valence-corrected chi connectivity index (χ1v) is 6.25. The molecule has 0 radical (unpaired) electrons. The minimum Gasteiger partial charge on any atom is -0.313 e. The molecule has 1 N–H and O–H groups in total. The standard InChI is InChI=1S/C14H24N2/c1-4-5-9-15-14-7-11-16(12-8-14)10-6-13(2)3/h1,6,14-15H,5,7-12H2,2-3H3. The molecule has 1 heterocycles. The molecule has 0 amide bonds. The fourth-order valence-electron chi connectivity index (χ4n) is 1.98. The number of hydrogen-bond donors (Lipinski definition) is 1. The second kappa shape index (κ2) is 7.49. The van der Waals surface area contributed by atoms with Crippen LogP contribution in [0.15, 0.2) is 11.6 Å². The lowest BCUT2D eigenvalue weighted by molar-refractivity contribution is 0.216. The predicted molar refractivity (Wildman–Crippen MR) is 70.3 cm³/mol. The summed E-state index contributed by atoms with van der Waals surface area (Å²) in [5.74, 6) is 2.67. The van der Waals surface area contributed by atoms with Gasteiger partial charge in [0.05, 0.1) is 0 Å². The number of allylic oxidation sites excluding steroid dienone is 1. The van der Waals surface area contributed by atoms with E-state index in [-0.39, 0.29) is 0 Å². The van der Waals surface area contributed by atoms with E-state index in [1.165, 1.54) is 31.5 Å². The Morgan fingerprint density at radius 1 is 1.44 bits per heavy atom. The highest BCUT2D eigenvalue weighted by molar-refractivity contribution is 4.95. The third-order valence-electron chi connectivity index (χ3n) is 3.05. The summed E-state index contributed by atoms with van der Waals surface area (Å²) in [6.07, 6.45) is 10.9. The number of rotatable bonds is 5. The molecular weight excluding hydrogens is 196 g/mol. The Hall–Kier alpha value is -0.780. The summed E-state index contributed by atoms with van der Waals surface area (Å²) in [5.41, 5.74) is 1.41. The molecule has 0 spiro atoms. The fraction of sp³-hybridized carbons (Fsp3) is 0.714. The van der Waals surface area contributed by atoms with Gasteiger partial charge >= 0.3 is 0 Å². The van der Waals surface area contributed by atoms with Crippen molar-refractivity contribution in [2.24, 2.45) is 0 Å². The van der Waals surface area contributed by atoms with Gasteiger partial charge in [-0.3, -0.25) is 4.90 Å². The van der Waals surface area contributed by atoms with Crippen LogP contribution in [0.4, 0.5) is 0 Å². The molecule has 0 unspecified atom stereocenters. The van der Waals surface area contributed by atoms with Crippen LogP contribution in [0.1, 0.15) is 33.1 Å². The summed E-state index contributed by atoms with van der Waals surface area (Å²) < 4.78 is 0. The van der Waals surface area contributed by atoms with Crippen molar-refractivity contribution in [1.29, 1.82) is 0 Å². The quantitative estimate of drug-likeness (QED) is 0.433. The first-order chi connectivity index (χ1) is 7.72. The summed E-state index contributed by atoms with van der Waals surface area (Å²) >= 11 is 0. The highest BCUT2D eigenvalue weighted by Gasteiger charge is 2.17. The molecule has 0 saturated carbocycles. The monoisotopic (exact) mass is 220 g/mol. The predicted octanol–water partition coefficient (Wildman–Crippen LogP) is 2.03. The Morgan fingerprint density at radius 2 is 2.12 bits per heavy atom. The first-order valence-electron chi connectivity index (χ1n) is 6.25. The number of piperidine rings is 1. The Labute approximate surface area is 100 Å².